The highest BCUT2D eigenvalue weighted by atomic mass is 79.9. The van der Waals surface area contributed by atoms with Gasteiger partial charge in [-0.3, -0.25) is 4.98 Å². The Hall–Kier alpha value is -0.620. The minimum Gasteiger partial charge on any atom is -0.313 e. The van der Waals surface area contributed by atoms with Crippen LogP contribution in [-0.2, 0) is 6.54 Å². The average Bonchev–Trinajstić information content (AvgIpc) is 2.15. The number of hydrogen-bond donors (Lipinski definition) is 1. The van der Waals surface area contributed by atoms with E-state index in [9.17, 15) is 13.2 Å². The molecule has 0 aromatic carbocycles. The van der Waals surface area contributed by atoms with Gasteiger partial charge in [-0.25, -0.2) is 0 Å². The van der Waals surface area contributed by atoms with Crippen molar-refractivity contribution in [2.75, 3.05) is 6.54 Å². The Labute approximate surface area is 100 Å². The predicted molar refractivity (Wildman–Crippen MR) is 58.9 cm³/mol. The van der Waals surface area contributed by atoms with Gasteiger partial charge < -0.3 is 5.32 Å². The lowest BCUT2D eigenvalue weighted by atomic mass is 10.2. The van der Waals surface area contributed by atoms with E-state index in [1.807, 2.05) is 6.07 Å². The molecule has 0 aliphatic carbocycles. The fourth-order valence-electron chi connectivity index (χ4n) is 1.20. The molecule has 0 aliphatic heterocycles. The second-order valence-corrected chi connectivity index (χ2v) is 4.32. The number of aromatic nitrogens is 1. The first-order valence-corrected chi connectivity index (χ1v) is 5.63. The number of rotatable bonds is 5. The van der Waals surface area contributed by atoms with Gasteiger partial charge in [0.1, 0.15) is 0 Å². The lowest BCUT2D eigenvalue weighted by Crippen LogP contribution is -2.17. The summed E-state index contributed by atoms with van der Waals surface area (Å²) >= 11 is 3.27. The van der Waals surface area contributed by atoms with Crippen LogP contribution in [-0.4, -0.2) is 17.7 Å². The summed E-state index contributed by atoms with van der Waals surface area (Å²) in [5.74, 6) is 0. The van der Waals surface area contributed by atoms with E-state index in [1.165, 1.54) is 0 Å². The van der Waals surface area contributed by atoms with E-state index in [-0.39, 0.29) is 6.42 Å². The minimum atomic E-state index is -4.06. The van der Waals surface area contributed by atoms with Crippen LogP contribution in [0.1, 0.15) is 18.4 Å². The highest BCUT2D eigenvalue weighted by Gasteiger charge is 2.25. The van der Waals surface area contributed by atoms with Crippen LogP contribution in [0.2, 0.25) is 0 Å². The average molecular weight is 297 g/mol. The summed E-state index contributed by atoms with van der Waals surface area (Å²) in [6, 6.07) is 1.88. The highest BCUT2D eigenvalue weighted by Crippen LogP contribution is 2.20. The number of hydrogen-bond acceptors (Lipinski definition) is 2. The molecule has 0 aliphatic rings. The number of alkyl halides is 3. The summed E-state index contributed by atoms with van der Waals surface area (Å²) in [4.78, 5) is 3.96. The minimum absolute atomic E-state index is 0.102. The fourth-order valence-corrected chi connectivity index (χ4v) is 1.61. The summed E-state index contributed by atoms with van der Waals surface area (Å²) < 4.78 is 36.3. The molecule has 0 bridgehead atoms. The van der Waals surface area contributed by atoms with Gasteiger partial charge in [-0.15, -0.1) is 0 Å². The highest BCUT2D eigenvalue weighted by molar-refractivity contribution is 9.10. The van der Waals surface area contributed by atoms with Crippen molar-refractivity contribution in [1.29, 1.82) is 0 Å². The Morgan fingerprint density at radius 2 is 2.06 bits per heavy atom. The zero-order valence-electron chi connectivity index (χ0n) is 8.52. The molecular formula is C10H12BrF3N2. The second kappa shape index (κ2) is 6.20. The first-order valence-electron chi connectivity index (χ1n) is 4.84. The molecule has 1 rings (SSSR count). The van der Waals surface area contributed by atoms with E-state index in [0.29, 0.717) is 13.1 Å². The lowest BCUT2D eigenvalue weighted by Gasteiger charge is -2.07. The SMILES string of the molecule is FC(F)(F)CCCNCc1cncc(Br)c1. The van der Waals surface area contributed by atoms with Crippen LogP contribution in [0.15, 0.2) is 22.9 Å². The quantitative estimate of drug-likeness (QED) is 0.844. The number of pyridine rings is 1. The van der Waals surface area contributed by atoms with Crippen molar-refractivity contribution in [2.24, 2.45) is 0 Å². The number of nitrogens with zero attached hydrogens (tertiary/aromatic N) is 1. The van der Waals surface area contributed by atoms with Gasteiger partial charge in [0.2, 0.25) is 0 Å². The van der Waals surface area contributed by atoms with Gasteiger partial charge in [-0.05, 0) is 40.5 Å². The third kappa shape index (κ3) is 6.07. The molecule has 0 atom stereocenters. The Morgan fingerprint density at radius 1 is 1.31 bits per heavy atom. The number of halogens is 4. The Balaban J connectivity index is 2.17. The van der Waals surface area contributed by atoms with Crippen molar-refractivity contribution in [3.63, 3.8) is 0 Å². The van der Waals surface area contributed by atoms with E-state index in [0.717, 1.165) is 10.0 Å². The molecule has 0 radical (unpaired) electrons. The normalized spacial score (nSPS) is 11.8. The standard InChI is InChI=1S/C10H12BrF3N2/c11-9-4-8(6-16-7-9)5-15-3-1-2-10(12,13)14/h4,6-7,15H,1-3,5H2. The molecule has 16 heavy (non-hydrogen) atoms. The molecule has 1 aromatic heterocycles. The molecule has 0 fully saturated rings. The maximum absolute atomic E-state index is 11.8. The zero-order chi connectivity index (χ0) is 12.0. The maximum atomic E-state index is 11.8. The van der Waals surface area contributed by atoms with Crippen LogP contribution < -0.4 is 5.32 Å². The third-order valence-corrected chi connectivity index (χ3v) is 2.34. The first-order chi connectivity index (χ1) is 7.47. The van der Waals surface area contributed by atoms with Crippen LogP contribution in [0, 0.1) is 0 Å². The van der Waals surface area contributed by atoms with E-state index < -0.39 is 12.6 Å². The molecule has 0 saturated carbocycles. The first kappa shape index (κ1) is 13.4. The van der Waals surface area contributed by atoms with Crippen molar-refractivity contribution in [1.82, 2.24) is 10.3 Å². The van der Waals surface area contributed by atoms with Gasteiger partial charge in [-0.1, -0.05) is 0 Å². The van der Waals surface area contributed by atoms with Gasteiger partial charge in [0.05, 0.1) is 0 Å². The summed E-state index contributed by atoms with van der Waals surface area (Å²) in [6.07, 6.45) is -1.35. The van der Waals surface area contributed by atoms with Gasteiger partial charge in [0, 0.05) is 29.8 Å². The molecule has 90 valence electrons. The van der Waals surface area contributed by atoms with Crippen molar-refractivity contribution in [2.45, 2.75) is 25.6 Å². The predicted octanol–water partition coefficient (Wildman–Crippen LogP) is 3.28. The molecule has 1 aromatic rings. The zero-order valence-corrected chi connectivity index (χ0v) is 10.1. The molecular weight excluding hydrogens is 285 g/mol. The second-order valence-electron chi connectivity index (χ2n) is 3.41. The van der Waals surface area contributed by atoms with Gasteiger partial charge in [0.25, 0.3) is 0 Å². The van der Waals surface area contributed by atoms with E-state index in [2.05, 4.69) is 26.2 Å². The van der Waals surface area contributed by atoms with E-state index in [4.69, 9.17) is 0 Å². The van der Waals surface area contributed by atoms with Crippen LogP contribution in [0.5, 0.6) is 0 Å². The van der Waals surface area contributed by atoms with E-state index >= 15 is 0 Å². The summed E-state index contributed by atoms with van der Waals surface area (Å²) in [6.45, 7) is 0.885. The molecule has 2 nitrogen and oxygen atoms in total. The van der Waals surface area contributed by atoms with Gasteiger partial charge in [0.15, 0.2) is 0 Å². The smallest absolute Gasteiger partial charge is 0.313 e. The van der Waals surface area contributed by atoms with E-state index in [1.54, 1.807) is 12.4 Å². The van der Waals surface area contributed by atoms with Crippen LogP contribution in [0.4, 0.5) is 13.2 Å². The molecule has 0 amide bonds. The molecule has 1 N–H and O–H groups in total. The summed E-state index contributed by atoms with van der Waals surface area (Å²) in [5, 5.41) is 2.94. The molecule has 0 unspecified atom stereocenters. The Bertz CT molecular complexity index is 328. The maximum Gasteiger partial charge on any atom is 0.389 e. The Morgan fingerprint density at radius 3 is 2.69 bits per heavy atom. The number of nitrogens with one attached hydrogen (secondary N) is 1. The molecule has 0 spiro atoms. The monoisotopic (exact) mass is 296 g/mol. The topological polar surface area (TPSA) is 24.9 Å². The summed E-state index contributed by atoms with van der Waals surface area (Å²) in [5.41, 5.74) is 0.946. The largest absolute Gasteiger partial charge is 0.389 e. The van der Waals surface area contributed by atoms with Crippen LogP contribution in [0.3, 0.4) is 0 Å². The van der Waals surface area contributed by atoms with Crippen molar-refractivity contribution in [3.8, 4) is 0 Å². The van der Waals surface area contributed by atoms with Crippen molar-refractivity contribution in [3.05, 3.63) is 28.5 Å². The molecule has 1 heterocycles. The third-order valence-electron chi connectivity index (χ3n) is 1.90. The van der Waals surface area contributed by atoms with Crippen molar-refractivity contribution < 1.29 is 13.2 Å². The summed E-state index contributed by atoms with van der Waals surface area (Å²) in [7, 11) is 0. The molecule has 6 heteroatoms. The van der Waals surface area contributed by atoms with Gasteiger partial charge >= 0.3 is 6.18 Å². The lowest BCUT2D eigenvalue weighted by molar-refractivity contribution is -0.135. The van der Waals surface area contributed by atoms with Gasteiger partial charge in [-0.2, -0.15) is 13.2 Å². The van der Waals surface area contributed by atoms with Crippen LogP contribution >= 0.6 is 15.9 Å². The van der Waals surface area contributed by atoms with Crippen LogP contribution in [0.25, 0.3) is 0 Å². The molecule has 0 saturated heterocycles. The Kier molecular flexibility index (Phi) is 5.21. The fraction of sp³-hybridized carbons (Fsp3) is 0.500. The van der Waals surface area contributed by atoms with Crippen molar-refractivity contribution >= 4 is 15.9 Å².